The average molecular weight is 347 g/mol. The molecule has 2 aromatic heterocycles. The minimum Gasteiger partial charge on any atom is -0.337 e. The highest BCUT2D eigenvalue weighted by Crippen LogP contribution is 2.44. The lowest BCUT2D eigenvalue weighted by atomic mass is 10.2. The summed E-state index contributed by atoms with van der Waals surface area (Å²) >= 11 is 1.29. The number of thiazole rings is 1. The first-order chi connectivity index (χ1) is 11.4. The van der Waals surface area contributed by atoms with E-state index in [0.29, 0.717) is 27.9 Å². The lowest BCUT2D eigenvalue weighted by Crippen LogP contribution is -2.38. The molecule has 0 radical (unpaired) electrons. The van der Waals surface area contributed by atoms with Gasteiger partial charge in [0.05, 0.1) is 10.2 Å². The number of carbonyl (C=O) groups is 1. The Kier molecular flexibility index (Phi) is 3.27. The highest BCUT2D eigenvalue weighted by Gasteiger charge is 2.51. The molecule has 0 aliphatic heterocycles. The number of amides is 2. The maximum absolute atomic E-state index is 13.6. The van der Waals surface area contributed by atoms with Gasteiger partial charge in [0.1, 0.15) is 11.4 Å². The van der Waals surface area contributed by atoms with Crippen molar-refractivity contribution in [2.45, 2.75) is 32.2 Å². The fraction of sp³-hybridized carbons (Fsp3) is 0.333. The number of fused-ring (bicyclic) bond motifs is 1. The Bertz CT molecular complexity index is 908. The minimum absolute atomic E-state index is 0.313. The zero-order valence-corrected chi connectivity index (χ0v) is 13.8. The van der Waals surface area contributed by atoms with E-state index in [-0.39, 0.29) is 5.82 Å². The van der Waals surface area contributed by atoms with Crippen molar-refractivity contribution in [2.24, 2.45) is 0 Å². The van der Waals surface area contributed by atoms with E-state index in [2.05, 4.69) is 25.8 Å². The summed E-state index contributed by atoms with van der Waals surface area (Å²) in [4.78, 5) is 20.7. The number of rotatable bonds is 3. The van der Waals surface area contributed by atoms with Crippen LogP contribution in [0.25, 0.3) is 10.2 Å². The number of nitrogens with zero attached hydrogens (tertiary/aromatic N) is 3. The van der Waals surface area contributed by atoms with Crippen LogP contribution >= 0.6 is 11.3 Å². The van der Waals surface area contributed by atoms with Crippen LogP contribution in [0.5, 0.6) is 0 Å². The predicted molar refractivity (Wildman–Crippen MR) is 86.4 cm³/mol. The van der Waals surface area contributed by atoms with Crippen molar-refractivity contribution in [3.63, 3.8) is 0 Å². The molecule has 4 rings (SSSR count). The molecule has 2 heterocycles. The quantitative estimate of drug-likeness (QED) is 0.759. The third-order valence-corrected chi connectivity index (χ3v) is 4.86. The molecule has 1 aliphatic carbocycles. The Morgan fingerprint density at radius 2 is 2.12 bits per heavy atom. The maximum Gasteiger partial charge on any atom is 0.321 e. The minimum atomic E-state index is -0.593. The average Bonchev–Trinajstić information content (AvgIpc) is 2.97. The molecular weight excluding hydrogens is 333 g/mol. The van der Waals surface area contributed by atoms with E-state index in [4.69, 9.17) is 4.52 Å². The second kappa shape index (κ2) is 5.23. The second-order valence-electron chi connectivity index (χ2n) is 5.90. The van der Waals surface area contributed by atoms with Crippen LogP contribution in [0.4, 0.5) is 14.3 Å². The van der Waals surface area contributed by atoms with Crippen molar-refractivity contribution in [2.75, 3.05) is 5.32 Å². The van der Waals surface area contributed by atoms with E-state index in [0.717, 1.165) is 17.5 Å². The van der Waals surface area contributed by atoms with Crippen molar-refractivity contribution in [3.8, 4) is 0 Å². The van der Waals surface area contributed by atoms with Crippen LogP contribution in [0.15, 0.2) is 16.7 Å². The van der Waals surface area contributed by atoms with E-state index >= 15 is 0 Å². The fourth-order valence-electron chi connectivity index (χ4n) is 2.46. The molecule has 1 fully saturated rings. The van der Waals surface area contributed by atoms with Gasteiger partial charge in [-0.2, -0.15) is 4.98 Å². The first-order valence-electron chi connectivity index (χ1n) is 7.42. The molecule has 2 N–H and O–H groups in total. The molecule has 7 nitrogen and oxygen atoms in total. The molecule has 1 aliphatic rings. The van der Waals surface area contributed by atoms with Crippen LogP contribution in [0.2, 0.25) is 0 Å². The van der Waals surface area contributed by atoms with Crippen molar-refractivity contribution >= 4 is 32.7 Å². The van der Waals surface area contributed by atoms with E-state index < -0.39 is 11.6 Å². The molecule has 0 bridgehead atoms. The molecular formula is C15H14FN5O2S. The summed E-state index contributed by atoms with van der Waals surface area (Å²) in [7, 11) is 0. The van der Waals surface area contributed by atoms with Gasteiger partial charge in [0.15, 0.2) is 11.0 Å². The van der Waals surface area contributed by atoms with E-state index in [1.165, 1.54) is 17.4 Å². The number of nitrogens with one attached hydrogen (secondary N) is 2. The van der Waals surface area contributed by atoms with Gasteiger partial charge in [-0.1, -0.05) is 16.5 Å². The Morgan fingerprint density at radius 1 is 1.33 bits per heavy atom. The Hall–Kier alpha value is -2.55. The maximum atomic E-state index is 13.6. The second-order valence-corrected chi connectivity index (χ2v) is 6.93. The van der Waals surface area contributed by atoms with Gasteiger partial charge in [-0.15, -0.1) is 0 Å². The molecule has 0 spiro atoms. The van der Waals surface area contributed by atoms with Gasteiger partial charge in [-0.05, 0) is 38.3 Å². The number of aryl methyl sites for hydroxylation is 2. The molecule has 24 heavy (non-hydrogen) atoms. The van der Waals surface area contributed by atoms with Crippen molar-refractivity contribution in [3.05, 3.63) is 35.2 Å². The number of aromatic nitrogens is 3. The van der Waals surface area contributed by atoms with Crippen molar-refractivity contribution in [1.29, 1.82) is 0 Å². The van der Waals surface area contributed by atoms with Crippen LogP contribution < -0.4 is 10.6 Å². The van der Waals surface area contributed by atoms with Crippen LogP contribution in [-0.4, -0.2) is 21.2 Å². The van der Waals surface area contributed by atoms with E-state index in [1.54, 1.807) is 19.9 Å². The number of urea groups is 1. The lowest BCUT2D eigenvalue weighted by molar-refractivity contribution is 0.241. The van der Waals surface area contributed by atoms with Crippen LogP contribution in [0.3, 0.4) is 0 Å². The first kappa shape index (κ1) is 15.0. The normalized spacial score (nSPS) is 15.5. The van der Waals surface area contributed by atoms with Crippen LogP contribution in [0, 0.1) is 19.7 Å². The van der Waals surface area contributed by atoms with Crippen molar-refractivity contribution < 1.29 is 13.7 Å². The third-order valence-electron chi connectivity index (χ3n) is 3.93. The zero-order valence-electron chi connectivity index (χ0n) is 13.0. The summed E-state index contributed by atoms with van der Waals surface area (Å²) in [5.41, 5.74) is 0.475. The summed E-state index contributed by atoms with van der Waals surface area (Å²) in [5, 5.41) is 9.71. The Morgan fingerprint density at radius 3 is 2.79 bits per heavy atom. The SMILES string of the molecule is Cc1noc(C2(NC(=O)Nc3nc4cc(F)c(C)cc4s3)CC2)n1. The molecule has 1 saturated carbocycles. The monoisotopic (exact) mass is 347 g/mol. The van der Waals surface area contributed by atoms with Gasteiger partial charge in [0, 0.05) is 6.07 Å². The Balaban J connectivity index is 1.50. The molecule has 1 aromatic carbocycles. The molecule has 0 saturated heterocycles. The molecule has 124 valence electrons. The van der Waals surface area contributed by atoms with Gasteiger partial charge < -0.3 is 9.84 Å². The summed E-state index contributed by atoms with van der Waals surface area (Å²) < 4.78 is 19.6. The number of halogens is 1. The number of carbonyl (C=O) groups excluding carboxylic acids is 1. The van der Waals surface area contributed by atoms with Gasteiger partial charge >= 0.3 is 6.03 Å². The first-order valence-corrected chi connectivity index (χ1v) is 8.23. The molecule has 0 atom stereocenters. The third kappa shape index (κ3) is 2.60. The number of anilines is 1. The van der Waals surface area contributed by atoms with E-state index in [9.17, 15) is 9.18 Å². The lowest BCUT2D eigenvalue weighted by Gasteiger charge is -2.12. The number of benzene rings is 1. The smallest absolute Gasteiger partial charge is 0.321 e. The number of hydrogen-bond acceptors (Lipinski definition) is 6. The van der Waals surface area contributed by atoms with E-state index in [1.807, 2.05) is 0 Å². The number of hydrogen-bond donors (Lipinski definition) is 2. The van der Waals surface area contributed by atoms with Gasteiger partial charge in [-0.3, -0.25) is 5.32 Å². The molecule has 9 heteroatoms. The molecule has 3 aromatic rings. The van der Waals surface area contributed by atoms with Gasteiger partial charge in [0.25, 0.3) is 5.89 Å². The predicted octanol–water partition coefficient (Wildman–Crippen LogP) is 3.25. The standard InChI is InChI=1S/C15H14FN5O2S/c1-7-5-11-10(6-9(7)16)18-14(24-11)19-13(22)20-15(3-4-15)12-17-8(2)21-23-12/h5-6H,3-4H2,1-2H3,(H2,18,19,20,22). The van der Waals surface area contributed by atoms with Crippen LogP contribution in [0.1, 0.15) is 30.1 Å². The largest absolute Gasteiger partial charge is 0.337 e. The topological polar surface area (TPSA) is 92.9 Å². The zero-order chi connectivity index (χ0) is 16.9. The highest BCUT2D eigenvalue weighted by atomic mass is 32.1. The summed E-state index contributed by atoms with van der Waals surface area (Å²) in [6.07, 6.45) is 1.48. The summed E-state index contributed by atoms with van der Waals surface area (Å²) in [6, 6.07) is 2.68. The summed E-state index contributed by atoms with van der Waals surface area (Å²) in [5.74, 6) is 0.631. The summed E-state index contributed by atoms with van der Waals surface area (Å²) in [6.45, 7) is 3.42. The fourth-order valence-corrected chi connectivity index (χ4v) is 3.40. The molecule has 2 amide bonds. The molecule has 0 unspecified atom stereocenters. The highest BCUT2D eigenvalue weighted by molar-refractivity contribution is 7.22. The Labute approximate surface area is 140 Å². The van der Waals surface area contributed by atoms with Gasteiger partial charge in [-0.25, -0.2) is 14.2 Å². The van der Waals surface area contributed by atoms with Crippen molar-refractivity contribution in [1.82, 2.24) is 20.4 Å². The van der Waals surface area contributed by atoms with Gasteiger partial charge in [0.2, 0.25) is 0 Å². The van der Waals surface area contributed by atoms with Crippen LogP contribution in [-0.2, 0) is 5.54 Å².